The summed E-state index contributed by atoms with van der Waals surface area (Å²) in [7, 11) is 1.53. The summed E-state index contributed by atoms with van der Waals surface area (Å²) in [4.78, 5) is 19.8. The van der Waals surface area contributed by atoms with Gasteiger partial charge in [-0.2, -0.15) is 0 Å². The van der Waals surface area contributed by atoms with Crippen molar-refractivity contribution >= 4 is 11.7 Å². The molecule has 0 saturated carbocycles. The predicted molar refractivity (Wildman–Crippen MR) is 76.0 cm³/mol. The maximum Gasteiger partial charge on any atom is 0.256 e. The standard InChI is InChI=1S/C14H15FN4O2/c1-21-7-6-17-14(20)10-8-18-13(19-12(10)16)9-4-2-3-5-11(9)15/h2-5,8H,6-7H2,1H3,(H,17,20)(H2,16,18,19). The molecule has 0 bridgehead atoms. The summed E-state index contributed by atoms with van der Waals surface area (Å²) in [5.74, 6) is -0.712. The van der Waals surface area contributed by atoms with Crippen LogP contribution in [0.2, 0.25) is 0 Å². The Kier molecular flexibility index (Phi) is 4.78. The molecule has 0 radical (unpaired) electrons. The molecule has 2 rings (SSSR count). The number of carbonyl (C=O) groups is 1. The number of anilines is 1. The minimum Gasteiger partial charge on any atom is -0.383 e. The number of halogens is 1. The van der Waals surface area contributed by atoms with Gasteiger partial charge < -0.3 is 15.8 Å². The molecule has 3 N–H and O–H groups in total. The van der Waals surface area contributed by atoms with Gasteiger partial charge in [0.05, 0.1) is 17.7 Å². The quantitative estimate of drug-likeness (QED) is 0.809. The van der Waals surface area contributed by atoms with Crippen molar-refractivity contribution in [1.29, 1.82) is 0 Å². The zero-order chi connectivity index (χ0) is 15.2. The van der Waals surface area contributed by atoms with Crippen LogP contribution >= 0.6 is 0 Å². The second-order valence-electron chi connectivity index (χ2n) is 4.22. The molecule has 7 heteroatoms. The van der Waals surface area contributed by atoms with E-state index in [2.05, 4.69) is 15.3 Å². The van der Waals surface area contributed by atoms with Crippen molar-refractivity contribution in [2.75, 3.05) is 26.0 Å². The molecular weight excluding hydrogens is 275 g/mol. The number of carbonyl (C=O) groups excluding carboxylic acids is 1. The average Bonchev–Trinajstić information content (AvgIpc) is 2.47. The molecule has 0 spiro atoms. The summed E-state index contributed by atoms with van der Waals surface area (Å²) in [6.45, 7) is 0.740. The van der Waals surface area contributed by atoms with Gasteiger partial charge in [-0.1, -0.05) is 12.1 Å². The molecular formula is C14H15FN4O2. The van der Waals surface area contributed by atoms with Crippen LogP contribution in [0.25, 0.3) is 11.4 Å². The van der Waals surface area contributed by atoms with E-state index in [4.69, 9.17) is 10.5 Å². The molecule has 0 saturated heterocycles. The van der Waals surface area contributed by atoms with Crippen LogP contribution in [-0.2, 0) is 4.74 Å². The fourth-order valence-electron chi connectivity index (χ4n) is 1.70. The van der Waals surface area contributed by atoms with Crippen molar-refractivity contribution in [3.05, 3.63) is 41.8 Å². The van der Waals surface area contributed by atoms with Gasteiger partial charge in [-0.15, -0.1) is 0 Å². The predicted octanol–water partition coefficient (Wildman–Crippen LogP) is 1.24. The molecule has 6 nitrogen and oxygen atoms in total. The van der Waals surface area contributed by atoms with Crippen LogP contribution in [0.15, 0.2) is 30.5 Å². The maximum atomic E-state index is 13.7. The largest absolute Gasteiger partial charge is 0.383 e. The number of hydrogen-bond acceptors (Lipinski definition) is 5. The fourth-order valence-corrected chi connectivity index (χ4v) is 1.70. The van der Waals surface area contributed by atoms with Crippen LogP contribution < -0.4 is 11.1 Å². The number of ether oxygens (including phenoxy) is 1. The SMILES string of the molecule is COCCNC(=O)c1cnc(-c2ccccc2F)nc1N. The number of methoxy groups -OCH3 is 1. The highest BCUT2D eigenvalue weighted by Crippen LogP contribution is 2.20. The Hall–Kier alpha value is -2.54. The molecule has 1 aromatic heterocycles. The molecule has 0 aliphatic heterocycles. The summed E-state index contributed by atoms with van der Waals surface area (Å²) < 4.78 is 18.5. The first-order valence-corrected chi connectivity index (χ1v) is 6.28. The van der Waals surface area contributed by atoms with E-state index in [1.165, 1.54) is 19.4 Å². The number of nitrogen functional groups attached to an aromatic ring is 1. The zero-order valence-corrected chi connectivity index (χ0v) is 11.5. The highest BCUT2D eigenvalue weighted by Gasteiger charge is 2.14. The van der Waals surface area contributed by atoms with E-state index in [0.29, 0.717) is 13.2 Å². The lowest BCUT2D eigenvalue weighted by molar-refractivity contribution is 0.0937. The molecule has 110 valence electrons. The van der Waals surface area contributed by atoms with Gasteiger partial charge in [0.1, 0.15) is 11.6 Å². The second-order valence-corrected chi connectivity index (χ2v) is 4.22. The third-order valence-electron chi connectivity index (χ3n) is 2.77. The molecule has 0 unspecified atom stereocenters. The van der Waals surface area contributed by atoms with Crippen LogP contribution in [0.5, 0.6) is 0 Å². The van der Waals surface area contributed by atoms with Gasteiger partial charge in [-0.25, -0.2) is 14.4 Å². The number of amides is 1. The van der Waals surface area contributed by atoms with E-state index in [9.17, 15) is 9.18 Å². The lowest BCUT2D eigenvalue weighted by Gasteiger charge is -2.08. The van der Waals surface area contributed by atoms with Crippen LogP contribution in [-0.4, -0.2) is 36.1 Å². The van der Waals surface area contributed by atoms with Gasteiger partial charge >= 0.3 is 0 Å². The van der Waals surface area contributed by atoms with Gasteiger partial charge in [0.25, 0.3) is 5.91 Å². The first-order chi connectivity index (χ1) is 10.1. The summed E-state index contributed by atoms with van der Waals surface area (Å²) >= 11 is 0. The Balaban J connectivity index is 2.22. The van der Waals surface area contributed by atoms with Crippen molar-refractivity contribution < 1.29 is 13.9 Å². The first kappa shape index (κ1) is 14.9. The van der Waals surface area contributed by atoms with Gasteiger partial charge in [0, 0.05) is 19.9 Å². The molecule has 1 amide bonds. The van der Waals surface area contributed by atoms with Crippen LogP contribution in [0.3, 0.4) is 0 Å². The van der Waals surface area contributed by atoms with Gasteiger partial charge in [0.15, 0.2) is 5.82 Å². The van der Waals surface area contributed by atoms with Crippen LogP contribution in [0.1, 0.15) is 10.4 Å². The minimum absolute atomic E-state index is 0.00169. The van der Waals surface area contributed by atoms with Crippen molar-refractivity contribution in [2.45, 2.75) is 0 Å². The van der Waals surface area contributed by atoms with Crippen molar-refractivity contribution in [2.24, 2.45) is 0 Å². The van der Waals surface area contributed by atoms with Crippen LogP contribution in [0, 0.1) is 5.82 Å². The number of rotatable bonds is 5. The summed E-state index contributed by atoms with van der Waals surface area (Å²) in [5, 5.41) is 2.61. The molecule has 0 atom stereocenters. The normalized spacial score (nSPS) is 10.4. The lowest BCUT2D eigenvalue weighted by atomic mass is 10.2. The average molecular weight is 290 g/mol. The number of nitrogens with two attached hydrogens (primary N) is 1. The van der Waals surface area contributed by atoms with Crippen LogP contribution in [0.4, 0.5) is 10.2 Å². The molecule has 0 aliphatic carbocycles. The molecule has 0 fully saturated rings. The van der Waals surface area contributed by atoms with Gasteiger partial charge in [0.2, 0.25) is 0 Å². The molecule has 2 aromatic rings. The number of hydrogen-bond donors (Lipinski definition) is 2. The molecule has 1 heterocycles. The van der Waals surface area contributed by atoms with E-state index in [1.807, 2.05) is 0 Å². The number of benzene rings is 1. The molecule has 21 heavy (non-hydrogen) atoms. The topological polar surface area (TPSA) is 90.1 Å². The Morgan fingerprint density at radius 1 is 1.43 bits per heavy atom. The van der Waals surface area contributed by atoms with E-state index in [-0.39, 0.29) is 22.8 Å². The summed E-state index contributed by atoms with van der Waals surface area (Å²) in [6.07, 6.45) is 1.28. The minimum atomic E-state index is -0.450. The monoisotopic (exact) mass is 290 g/mol. The summed E-state index contributed by atoms with van der Waals surface area (Å²) in [5.41, 5.74) is 6.12. The second kappa shape index (κ2) is 6.76. The molecule has 1 aromatic carbocycles. The zero-order valence-electron chi connectivity index (χ0n) is 11.5. The Morgan fingerprint density at radius 3 is 2.86 bits per heavy atom. The Bertz CT molecular complexity index is 649. The van der Waals surface area contributed by atoms with Crippen molar-refractivity contribution in [3.63, 3.8) is 0 Å². The van der Waals surface area contributed by atoms with Gasteiger partial charge in [-0.3, -0.25) is 4.79 Å². The van der Waals surface area contributed by atoms with E-state index in [1.54, 1.807) is 18.2 Å². The van der Waals surface area contributed by atoms with E-state index in [0.717, 1.165) is 0 Å². The smallest absolute Gasteiger partial charge is 0.256 e. The summed E-state index contributed by atoms with van der Waals surface area (Å²) in [6, 6.07) is 6.09. The Labute approximate surface area is 121 Å². The highest BCUT2D eigenvalue weighted by molar-refractivity contribution is 5.98. The fraction of sp³-hybridized carbons (Fsp3) is 0.214. The van der Waals surface area contributed by atoms with E-state index < -0.39 is 11.7 Å². The maximum absolute atomic E-state index is 13.7. The highest BCUT2D eigenvalue weighted by atomic mass is 19.1. The number of nitrogens with one attached hydrogen (secondary N) is 1. The first-order valence-electron chi connectivity index (χ1n) is 6.28. The third kappa shape index (κ3) is 3.51. The number of aromatic nitrogens is 2. The van der Waals surface area contributed by atoms with Crippen molar-refractivity contribution in [1.82, 2.24) is 15.3 Å². The third-order valence-corrected chi connectivity index (χ3v) is 2.77. The van der Waals surface area contributed by atoms with Gasteiger partial charge in [-0.05, 0) is 12.1 Å². The number of nitrogens with zero attached hydrogens (tertiary/aromatic N) is 2. The lowest BCUT2D eigenvalue weighted by Crippen LogP contribution is -2.28. The van der Waals surface area contributed by atoms with Crippen molar-refractivity contribution in [3.8, 4) is 11.4 Å². The molecule has 0 aliphatic rings. The Morgan fingerprint density at radius 2 is 2.19 bits per heavy atom. The van der Waals surface area contributed by atoms with E-state index >= 15 is 0 Å².